The molecule has 0 radical (unpaired) electrons. The van der Waals surface area contributed by atoms with E-state index in [0.29, 0.717) is 39.5 Å². The van der Waals surface area contributed by atoms with Crippen molar-refractivity contribution in [2.24, 2.45) is 23.7 Å². The van der Waals surface area contributed by atoms with Crippen LogP contribution in [0.3, 0.4) is 0 Å². The number of amides is 4. The number of phenols is 1. The fourth-order valence-electron chi connectivity index (χ4n) is 10.0. The van der Waals surface area contributed by atoms with E-state index in [2.05, 4.69) is 10.4 Å². The van der Waals surface area contributed by atoms with Gasteiger partial charge in [-0.3, -0.25) is 29.5 Å². The fourth-order valence-corrected chi connectivity index (χ4v) is 10.0. The van der Waals surface area contributed by atoms with Crippen molar-refractivity contribution in [3.8, 4) is 23.0 Å². The number of rotatable bonds is 7. The summed E-state index contributed by atoms with van der Waals surface area (Å²) < 4.78 is 11.4. The monoisotopic (exact) mass is 770 g/mol. The van der Waals surface area contributed by atoms with Gasteiger partial charge in [-0.25, -0.2) is 4.98 Å². The van der Waals surface area contributed by atoms with E-state index in [0.717, 1.165) is 21.7 Å². The number of benzene rings is 5. The van der Waals surface area contributed by atoms with Gasteiger partial charge in [0.1, 0.15) is 5.52 Å². The molecule has 58 heavy (non-hydrogen) atoms. The highest BCUT2D eigenvalue weighted by molar-refractivity contribution is 6.22. The summed E-state index contributed by atoms with van der Waals surface area (Å²) in [5.74, 6) is -4.70. The van der Waals surface area contributed by atoms with Crippen molar-refractivity contribution >= 4 is 46.1 Å². The number of methoxy groups -OCH3 is 1. The number of aromatic hydroxyl groups is 1. The maximum atomic E-state index is 15.4. The van der Waals surface area contributed by atoms with Gasteiger partial charge in [0.2, 0.25) is 17.7 Å². The van der Waals surface area contributed by atoms with E-state index < -0.39 is 46.8 Å². The van der Waals surface area contributed by atoms with Gasteiger partial charge in [0.25, 0.3) is 11.8 Å². The molecule has 2 N–H and O–H groups in total. The van der Waals surface area contributed by atoms with Crippen LogP contribution in [0.1, 0.15) is 35.4 Å². The van der Waals surface area contributed by atoms with Crippen molar-refractivity contribution in [1.82, 2.24) is 9.99 Å². The molecule has 2 aliphatic heterocycles. The highest BCUT2D eigenvalue weighted by Gasteiger charge is 2.70. The average Bonchev–Trinajstić information content (AvgIpc) is 3.86. The maximum absolute atomic E-state index is 15.4. The van der Waals surface area contributed by atoms with Crippen molar-refractivity contribution in [2.45, 2.75) is 31.1 Å². The van der Waals surface area contributed by atoms with E-state index in [-0.39, 0.29) is 36.2 Å². The molecule has 1 aromatic heterocycles. The molecule has 4 aliphatic rings. The third-order valence-electron chi connectivity index (χ3n) is 12.6. The number of hydrogen-bond donors (Lipinski definition) is 2. The molecule has 0 bridgehead atoms. The third kappa shape index (κ3) is 5.15. The number of carbonyl (C=O) groups excluding carboxylic acids is 4. The van der Waals surface area contributed by atoms with Gasteiger partial charge in [0, 0.05) is 11.5 Å². The predicted molar refractivity (Wildman–Crippen MR) is 215 cm³/mol. The summed E-state index contributed by atoms with van der Waals surface area (Å²) in [5, 5.41) is 12.3. The number of ether oxygens (including phenoxy) is 1. The Hall–Kier alpha value is -7.01. The molecule has 6 unspecified atom stereocenters. The predicted octanol–water partition coefficient (Wildman–Crippen LogP) is 7.71. The molecule has 11 heteroatoms. The zero-order valence-electron chi connectivity index (χ0n) is 31.7. The number of para-hydroxylation sites is 2. The van der Waals surface area contributed by atoms with Crippen LogP contribution in [-0.4, -0.2) is 45.8 Å². The average molecular weight is 771 g/mol. The Bertz CT molecular complexity index is 2660. The van der Waals surface area contributed by atoms with Crippen LogP contribution in [0.2, 0.25) is 0 Å². The quantitative estimate of drug-likeness (QED) is 0.123. The number of hydrogen-bond acceptors (Lipinski definition) is 9. The van der Waals surface area contributed by atoms with Crippen molar-refractivity contribution < 1.29 is 33.4 Å². The molecule has 11 nitrogen and oxygen atoms in total. The van der Waals surface area contributed by atoms with Crippen LogP contribution >= 0.6 is 0 Å². The minimum atomic E-state index is -1.46. The van der Waals surface area contributed by atoms with Crippen molar-refractivity contribution in [2.75, 3.05) is 17.4 Å². The summed E-state index contributed by atoms with van der Waals surface area (Å²) in [6, 6.07) is 36.2. The number of fused-ring (bicyclic) bond motifs is 5. The lowest BCUT2D eigenvalue weighted by Crippen LogP contribution is -2.53. The smallest absolute Gasteiger partial charge is 0.260 e. The minimum absolute atomic E-state index is 0.123. The molecular weight excluding hydrogens is 733 g/mol. The van der Waals surface area contributed by atoms with Crippen LogP contribution in [0.15, 0.2) is 137 Å². The minimum Gasteiger partial charge on any atom is -0.504 e. The second-order valence-electron chi connectivity index (χ2n) is 15.6. The first-order valence-corrected chi connectivity index (χ1v) is 19.4. The molecule has 3 fully saturated rings. The van der Waals surface area contributed by atoms with E-state index in [1.807, 2.05) is 91.9 Å². The Kier molecular flexibility index (Phi) is 8.12. The molecule has 5 aromatic carbocycles. The Labute approximate surface area is 333 Å². The maximum Gasteiger partial charge on any atom is 0.260 e. The fraction of sp³-hybridized carbons (Fsp3) is 0.213. The van der Waals surface area contributed by atoms with E-state index in [4.69, 9.17) is 9.15 Å². The molecule has 3 heterocycles. The molecule has 6 atom stereocenters. The summed E-state index contributed by atoms with van der Waals surface area (Å²) in [6.45, 7) is 1.96. The highest BCUT2D eigenvalue weighted by Crippen LogP contribution is 2.64. The molecule has 2 saturated heterocycles. The topological polar surface area (TPSA) is 142 Å². The van der Waals surface area contributed by atoms with Gasteiger partial charge in [-0.05, 0) is 97.5 Å². The molecule has 6 aromatic rings. The summed E-state index contributed by atoms with van der Waals surface area (Å²) in [6.07, 6.45) is 2.42. The number of oxazole rings is 1. The Morgan fingerprint density at radius 3 is 2.29 bits per heavy atom. The SMILES string of the molecule is COc1ccc(C2C3=CCC4C(=O)N(c5ccc(-c6nc7ccccc7o6)cc5)C(=O)C4C3CC3C(=O)N(Nc4ccc(C)cc4)C(=O)C32c2ccccc2)cc1O. The first-order valence-electron chi connectivity index (χ1n) is 19.4. The van der Waals surface area contributed by atoms with Gasteiger partial charge in [0.05, 0.1) is 41.7 Å². The van der Waals surface area contributed by atoms with Crippen molar-refractivity contribution in [1.29, 1.82) is 0 Å². The van der Waals surface area contributed by atoms with Gasteiger partial charge in [-0.2, -0.15) is 5.01 Å². The third-order valence-corrected chi connectivity index (χ3v) is 12.6. The van der Waals surface area contributed by atoms with Gasteiger partial charge in [-0.1, -0.05) is 77.9 Å². The number of carbonyl (C=O) groups is 4. The van der Waals surface area contributed by atoms with Crippen LogP contribution in [0.5, 0.6) is 11.5 Å². The van der Waals surface area contributed by atoms with Gasteiger partial charge < -0.3 is 14.3 Å². The summed E-state index contributed by atoms with van der Waals surface area (Å²) in [5.41, 5.74) is 7.77. The Balaban J connectivity index is 1.08. The first kappa shape index (κ1) is 35.4. The highest BCUT2D eigenvalue weighted by atomic mass is 16.5. The number of aryl methyl sites for hydroxylation is 1. The second kappa shape index (κ2) is 13.3. The number of nitrogens with zero attached hydrogens (tertiary/aromatic N) is 3. The van der Waals surface area contributed by atoms with Gasteiger partial charge >= 0.3 is 0 Å². The standard InChI is InChI=1S/C47H38N4O7/c1-26-12-17-30(18-13-26)49-51-44(54)35-25-34-32(41(28-16-23-39(57-2)37(52)24-28)47(35,46(51)56)29-8-4-3-5-9-29)21-22-33-40(34)45(55)50(43(33)53)31-19-14-27(15-20-31)42-48-36-10-6-7-11-38(36)58-42/h3-21,23-24,33-35,40-41,49,52H,22,25H2,1-2H3. The number of hydrazine groups is 1. The number of phenolic OH excluding ortho intramolecular Hbond substituents is 1. The number of aromatic nitrogens is 1. The van der Waals surface area contributed by atoms with Crippen LogP contribution in [-0.2, 0) is 24.6 Å². The molecular formula is C47H38N4O7. The number of allylic oxidation sites excluding steroid dienone is 2. The Morgan fingerprint density at radius 1 is 0.828 bits per heavy atom. The lowest BCUT2D eigenvalue weighted by molar-refractivity contribution is -0.138. The Morgan fingerprint density at radius 2 is 1.57 bits per heavy atom. The summed E-state index contributed by atoms with van der Waals surface area (Å²) >= 11 is 0. The van der Waals surface area contributed by atoms with E-state index in [1.54, 1.807) is 42.5 Å². The lowest BCUT2D eigenvalue weighted by atomic mass is 9.49. The van der Waals surface area contributed by atoms with Crippen molar-refractivity contribution in [3.05, 3.63) is 150 Å². The number of anilines is 2. The van der Waals surface area contributed by atoms with Crippen molar-refractivity contribution in [3.63, 3.8) is 0 Å². The molecule has 1 saturated carbocycles. The second-order valence-corrected chi connectivity index (χ2v) is 15.6. The van der Waals surface area contributed by atoms with Crippen LogP contribution in [0.25, 0.3) is 22.6 Å². The summed E-state index contributed by atoms with van der Waals surface area (Å²) in [4.78, 5) is 65.3. The molecule has 10 rings (SSSR count). The zero-order valence-corrected chi connectivity index (χ0v) is 31.7. The largest absolute Gasteiger partial charge is 0.504 e. The molecule has 2 aliphatic carbocycles. The molecule has 0 spiro atoms. The van der Waals surface area contributed by atoms with Crippen LogP contribution in [0.4, 0.5) is 11.4 Å². The zero-order chi connectivity index (χ0) is 39.9. The van der Waals surface area contributed by atoms with Crippen LogP contribution in [0, 0.1) is 30.6 Å². The van der Waals surface area contributed by atoms with E-state index in [1.165, 1.54) is 12.0 Å². The normalized spacial score (nSPS) is 25.1. The first-order chi connectivity index (χ1) is 28.2. The van der Waals surface area contributed by atoms with Gasteiger partial charge in [-0.15, -0.1) is 0 Å². The number of imide groups is 2. The molecule has 288 valence electrons. The lowest BCUT2D eigenvalue weighted by Gasteiger charge is -2.50. The molecule has 4 amide bonds. The van der Waals surface area contributed by atoms with Gasteiger partial charge in [0.15, 0.2) is 17.1 Å². The van der Waals surface area contributed by atoms with Crippen LogP contribution < -0.4 is 15.1 Å². The number of nitrogens with one attached hydrogen (secondary N) is 1. The summed E-state index contributed by atoms with van der Waals surface area (Å²) in [7, 11) is 1.46. The van der Waals surface area contributed by atoms with E-state index >= 15 is 4.79 Å². The van der Waals surface area contributed by atoms with E-state index in [9.17, 15) is 19.5 Å².